The van der Waals surface area contributed by atoms with Gasteiger partial charge in [-0.25, -0.2) is 0 Å². The molecule has 1 saturated heterocycles. The number of carbonyl (C=O) groups is 10. The third-order valence-electron chi connectivity index (χ3n) is 11.0. The van der Waals surface area contributed by atoms with Crippen LogP contribution >= 0.6 is 0 Å². The van der Waals surface area contributed by atoms with Crippen LogP contribution in [0.25, 0.3) is 0 Å². The number of rotatable bonds is 17. The number of ketones is 5. The normalized spacial score (nSPS) is 22.7. The standard InChI is InChI=1S/C44H67N9O12.H2/c1-25(54)32(26(2)55)22-37(59)29-13-15-39(61)48-17-7-11-34(51-40(62)16-14-30(57)23-45)42(64)52-35(12-8-18-49-44(46)47)43(65)53-36(19-28-9-5-4-6-10-28)41(63)50-24-31(58)21-33(27(3)56)38(60)20-29;/h4-6,9-10,25,27,29,32-36,54,56H,7-8,11-24,45H2,1-3H3,(H,48,61)(H,50,63)(H,51,62)(H,52,64)(H,53,65)(H4,46,47,49);1H/t25-,27-,29-,32+,33+,34+,35+,36+;/m1./s1/i;1+2. The van der Waals surface area contributed by atoms with Crippen LogP contribution in [-0.2, 0) is 54.4 Å². The van der Waals surface area contributed by atoms with Gasteiger partial charge in [0.15, 0.2) is 11.7 Å². The number of amides is 5. The number of nitrogens with two attached hydrogens (primary N) is 3. The van der Waals surface area contributed by atoms with Gasteiger partial charge < -0.3 is 54.0 Å². The first-order valence-corrected chi connectivity index (χ1v) is 21.9. The van der Waals surface area contributed by atoms with Crippen LogP contribution in [0.15, 0.2) is 35.3 Å². The van der Waals surface area contributed by atoms with E-state index in [0.29, 0.717) is 5.56 Å². The van der Waals surface area contributed by atoms with Crippen LogP contribution in [0.5, 0.6) is 0 Å². The topological polar surface area (TPSA) is 362 Å². The van der Waals surface area contributed by atoms with Gasteiger partial charge in [-0.3, -0.25) is 52.9 Å². The summed E-state index contributed by atoms with van der Waals surface area (Å²) in [5, 5.41) is 33.9. The second kappa shape index (κ2) is 28.8. The highest BCUT2D eigenvalue weighted by molar-refractivity contribution is 5.97. The first-order valence-electron chi connectivity index (χ1n) is 21.9. The number of aliphatic hydroxyl groups excluding tert-OH is 2. The van der Waals surface area contributed by atoms with Crippen molar-refractivity contribution in [1.29, 1.82) is 0 Å². The highest BCUT2D eigenvalue weighted by Crippen LogP contribution is 2.24. The Balaban J connectivity index is 0.0000218. The average molecular weight is 918 g/mol. The molecule has 13 N–H and O–H groups in total. The molecule has 0 saturated carbocycles. The Labute approximate surface area is 380 Å². The second-order valence-corrected chi connectivity index (χ2v) is 16.5. The number of hydrogen-bond acceptors (Lipinski definition) is 14. The molecule has 21 nitrogen and oxygen atoms in total. The summed E-state index contributed by atoms with van der Waals surface area (Å²) in [7, 11) is 0. The molecule has 8 atom stereocenters. The third kappa shape index (κ3) is 21.1. The molecular formula is C44H69N9O12. The molecule has 5 amide bonds. The van der Waals surface area contributed by atoms with Crippen molar-refractivity contribution in [1.82, 2.24) is 26.6 Å². The van der Waals surface area contributed by atoms with E-state index in [2.05, 4.69) is 31.6 Å². The smallest absolute Gasteiger partial charge is 0.243 e. The number of aliphatic hydroxyl groups is 2. The molecule has 0 unspecified atom stereocenters. The number of hydrogen-bond donors (Lipinski definition) is 10. The SMILES string of the molecule is CC(=O)[C@@H](CC(=O)[C@@H]1CCC(=O)NCCC[C@H](NC(=O)CCC(=O)CN)C(=O)N[C@@H](CCCN=C(N)N)C(=O)N[C@@H](Cc2ccccc2)C(=O)NCC(=O)C[C@@H]([C@@H](C)O)C(=O)C1)[C@@H](C)O.[3HH]. The van der Waals surface area contributed by atoms with Gasteiger partial charge in [0, 0.05) is 71.3 Å². The Morgan fingerprint density at radius 3 is 2.18 bits per heavy atom. The van der Waals surface area contributed by atoms with E-state index < -0.39 is 127 Å². The molecule has 0 bridgehead atoms. The average Bonchev–Trinajstić information content (AvgIpc) is 3.25. The lowest BCUT2D eigenvalue weighted by Crippen LogP contribution is -2.57. The number of aliphatic imine (C=N–C) groups is 1. The zero-order valence-electron chi connectivity index (χ0n) is 37.5. The van der Waals surface area contributed by atoms with Gasteiger partial charge in [-0.15, -0.1) is 0 Å². The lowest BCUT2D eigenvalue weighted by atomic mass is 9.81. The van der Waals surface area contributed by atoms with Crippen molar-refractivity contribution < 1.29 is 59.6 Å². The molecule has 0 aliphatic carbocycles. The number of carbonyl (C=O) groups excluding carboxylic acids is 10. The maximum Gasteiger partial charge on any atom is 0.243 e. The zero-order chi connectivity index (χ0) is 48.6. The summed E-state index contributed by atoms with van der Waals surface area (Å²) >= 11 is 0. The molecule has 1 aliphatic heterocycles. The van der Waals surface area contributed by atoms with Crippen LogP contribution < -0.4 is 43.8 Å². The number of Topliss-reactive ketones (excluding diaryl/α,β-unsaturated/α-hetero) is 5. The molecule has 1 aromatic carbocycles. The van der Waals surface area contributed by atoms with E-state index in [0.717, 1.165) is 0 Å². The van der Waals surface area contributed by atoms with Crippen LogP contribution in [0.1, 0.15) is 98.4 Å². The molecule has 1 fully saturated rings. The van der Waals surface area contributed by atoms with E-state index in [-0.39, 0.29) is 90.6 Å². The van der Waals surface area contributed by atoms with Crippen LogP contribution in [0, 0.1) is 17.8 Å². The van der Waals surface area contributed by atoms with Crippen molar-refractivity contribution in [2.24, 2.45) is 39.9 Å². The lowest BCUT2D eigenvalue weighted by molar-refractivity contribution is -0.136. The predicted octanol–water partition coefficient (Wildman–Crippen LogP) is -1.83. The third-order valence-corrected chi connectivity index (χ3v) is 11.0. The molecule has 0 radical (unpaired) electrons. The van der Waals surface area contributed by atoms with Gasteiger partial charge in [-0.05, 0) is 58.4 Å². The minimum atomic E-state index is -1.37. The quantitative estimate of drug-likeness (QED) is 0.0467. The predicted molar refractivity (Wildman–Crippen MR) is 239 cm³/mol. The summed E-state index contributed by atoms with van der Waals surface area (Å²) in [5.41, 5.74) is 16.9. The molecule has 65 heavy (non-hydrogen) atoms. The van der Waals surface area contributed by atoms with Gasteiger partial charge >= 0.3 is 0 Å². The van der Waals surface area contributed by atoms with Crippen LogP contribution in [0.2, 0.25) is 0 Å². The van der Waals surface area contributed by atoms with Gasteiger partial charge in [0.1, 0.15) is 41.3 Å². The van der Waals surface area contributed by atoms with Gasteiger partial charge in [0.05, 0.1) is 31.2 Å². The van der Waals surface area contributed by atoms with E-state index >= 15 is 0 Å². The molecule has 362 valence electrons. The van der Waals surface area contributed by atoms with Crippen molar-refractivity contribution in [3.05, 3.63) is 35.9 Å². The fourth-order valence-electron chi connectivity index (χ4n) is 7.18. The van der Waals surface area contributed by atoms with Crippen molar-refractivity contribution in [2.75, 3.05) is 26.2 Å². The highest BCUT2D eigenvalue weighted by atomic mass is 16.3. The molecule has 1 aromatic rings. The monoisotopic (exact) mass is 918 g/mol. The Morgan fingerprint density at radius 2 is 1.57 bits per heavy atom. The number of guanidine groups is 1. The van der Waals surface area contributed by atoms with E-state index in [1.165, 1.54) is 20.8 Å². The summed E-state index contributed by atoms with van der Waals surface area (Å²) in [4.78, 5) is 137. The Hall–Kier alpha value is -5.93. The van der Waals surface area contributed by atoms with Crippen LogP contribution in [-0.4, -0.2) is 131 Å². The van der Waals surface area contributed by atoms with Gasteiger partial charge in [0.25, 0.3) is 0 Å². The molecule has 1 heterocycles. The Kier molecular flexibility index (Phi) is 24.4. The fourth-order valence-corrected chi connectivity index (χ4v) is 7.18. The van der Waals surface area contributed by atoms with Gasteiger partial charge in [-0.2, -0.15) is 0 Å². The number of benzene rings is 1. The van der Waals surface area contributed by atoms with E-state index in [1.807, 2.05) is 0 Å². The van der Waals surface area contributed by atoms with Crippen molar-refractivity contribution in [3.63, 3.8) is 0 Å². The van der Waals surface area contributed by atoms with Gasteiger partial charge in [-0.1, -0.05) is 30.3 Å². The maximum absolute atomic E-state index is 14.0. The Bertz CT molecular complexity index is 1860. The van der Waals surface area contributed by atoms with Crippen LogP contribution in [0.4, 0.5) is 0 Å². The first kappa shape index (κ1) is 55.2. The first-order chi connectivity index (χ1) is 30.7. The number of nitrogens with one attached hydrogen (secondary N) is 5. The summed E-state index contributed by atoms with van der Waals surface area (Å²) in [6, 6.07) is 4.70. The molecule has 0 spiro atoms. The zero-order valence-corrected chi connectivity index (χ0v) is 37.5. The molecule has 2 rings (SSSR count). The van der Waals surface area contributed by atoms with E-state index in [4.69, 9.17) is 17.2 Å². The summed E-state index contributed by atoms with van der Waals surface area (Å²) < 4.78 is 0. The van der Waals surface area contributed by atoms with Crippen molar-refractivity contribution in [2.45, 2.75) is 128 Å². The summed E-state index contributed by atoms with van der Waals surface area (Å²) in [6.07, 6.45) is -4.84. The number of nitrogens with zero attached hydrogens (tertiary/aromatic N) is 1. The minimum Gasteiger partial charge on any atom is -0.393 e. The summed E-state index contributed by atoms with van der Waals surface area (Å²) in [6.45, 7) is 2.99. The maximum atomic E-state index is 14.0. The van der Waals surface area contributed by atoms with Crippen molar-refractivity contribution >= 4 is 64.4 Å². The lowest BCUT2D eigenvalue weighted by Gasteiger charge is -2.26. The van der Waals surface area contributed by atoms with Crippen molar-refractivity contribution in [3.8, 4) is 0 Å². The molecule has 21 heteroatoms. The van der Waals surface area contributed by atoms with E-state index in [9.17, 15) is 58.2 Å². The van der Waals surface area contributed by atoms with E-state index in [1.54, 1.807) is 30.3 Å². The van der Waals surface area contributed by atoms with Crippen LogP contribution in [0.3, 0.4) is 0 Å². The summed E-state index contributed by atoms with van der Waals surface area (Å²) in [5.74, 6) is -10.1. The Morgan fingerprint density at radius 1 is 0.892 bits per heavy atom. The highest BCUT2D eigenvalue weighted by Gasteiger charge is 2.35. The minimum absolute atomic E-state index is 0. The fraction of sp³-hybridized carbons (Fsp3) is 0.614. The second-order valence-electron chi connectivity index (χ2n) is 16.5. The molecule has 0 aromatic heterocycles. The van der Waals surface area contributed by atoms with Gasteiger partial charge in [0.2, 0.25) is 29.5 Å². The molecular weight excluding hydrogens is 847 g/mol. The largest absolute Gasteiger partial charge is 0.393 e. The molecule has 1 aliphatic rings.